The molecule has 1 atom stereocenters. The smallest absolute Gasteiger partial charge is 0.329 e. The molecular formula is C20H17Cl2F2NO4S. The number of thioether (sulfide) groups is 1. The number of Topliss-reactive ketones (excluding diaryl/α,β-unsaturated/α-hetero) is 1. The molecule has 2 aromatic rings. The van der Waals surface area contributed by atoms with Crippen molar-refractivity contribution in [3.05, 3.63) is 69.2 Å². The van der Waals surface area contributed by atoms with Crippen molar-refractivity contribution in [2.24, 2.45) is 0 Å². The molecule has 5 nitrogen and oxygen atoms in total. The number of hydrogen-bond acceptors (Lipinski definition) is 5. The first kappa shape index (κ1) is 24.1. The number of ketones is 1. The molecule has 160 valence electrons. The Morgan fingerprint density at radius 1 is 1.10 bits per heavy atom. The second kappa shape index (κ2) is 11.3. The zero-order valence-corrected chi connectivity index (χ0v) is 18.0. The normalized spacial score (nSPS) is 11.6. The number of nitrogens with one attached hydrogen (secondary N) is 1. The zero-order valence-electron chi connectivity index (χ0n) is 15.7. The largest absolute Gasteiger partial charge is 0.456 e. The van der Waals surface area contributed by atoms with E-state index in [4.69, 9.17) is 27.9 Å². The molecule has 0 aliphatic rings. The van der Waals surface area contributed by atoms with Crippen LogP contribution in [-0.2, 0) is 9.53 Å². The minimum atomic E-state index is -1.18. The van der Waals surface area contributed by atoms with Crippen LogP contribution in [0.4, 0.5) is 8.78 Å². The molecule has 0 saturated heterocycles. The van der Waals surface area contributed by atoms with Gasteiger partial charge in [0, 0.05) is 10.6 Å². The lowest BCUT2D eigenvalue weighted by atomic mass is 10.1. The summed E-state index contributed by atoms with van der Waals surface area (Å²) in [5.41, 5.74) is -0.0137. The summed E-state index contributed by atoms with van der Waals surface area (Å²) < 4.78 is 31.2. The number of benzene rings is 2. The monoisotopic (exact) mass is 475 g/mol. The van der Waals surface area contributed by atoms with E-state index in [1.807, 2.05) is 6.26 Å². The fourth-order valence-electron chi connectivity index (χ4n) is 2.38. The molecule has 30 heavy (non-hydrogen) atoms. The number of hydrogen-bond donors (Lipinski definition) is 1. The molecule has 0 aromatic heterocycles. The van der Waals surface area contributed by atoms with Gasteiger partial charge in [0.1, 0.15) is 6.04 Å². The van der Waals surface area contributed by atoms with E-state index in [9.17, 15) is 23.2 Å². The van der Waals surface area contributed by atoms with E-state index in [1.165, 1.54) is 30.0 Å². The molecule has 0 spiro atoms. The van der Waals surface area contributed by atoms with Crippen LogP contribution in [0, 0.1) is 11.6 Å². The highest BCUT2D eigenvalue weighted by Gasteiger charge is 2.24. The molecule has 0 heterocycles. The molecule has 2 rings (SSSR count). The van der Waals surface area contributed by atoms with E-state index in [-0.39, 0.29) is 22.6 Å². The predicted molar refractivity (Wildman–Crippen MR) is 112 cm³/mol. The molecular weight excluding hydrogens is 459 g/mol. The van der Waals surface area contributed by atoms with Crippen molar-refractivity contribution in [3.63, 3.8) is 0 Å². The third-order valence-electron chi connectivity index (χ3n) is 3.96. The molecule has 0 saturated carbocycles. The number of esters is 1. The van der Waals surface area contributed by atoms with Gasteiger partial charge in [0.15, 0.2) is 24.0 Å². The van der Waals surface area contributed by atoms with Gasteiger partial charge in [-0.3, -0.25) is 9.59 Å². The van der Waals surface area contributed by atoms with E-state index in [0.717, 1.165) is 18.2 Å². The molecule has 0 radical (unpaired) electrons. The molecule has 1 amide bonds. The summed E-state index contributed by atoms with van der Waals surface area (Å²) in [4.78, 5) is 37.0. The van der Waals surface area contributed by atoms with E-state index < -0.39 is 41.9 Å². The molecule has 0 aliphatic heterocycles. The summed E-state index contributed by atoms with van der Waals surface area (Å²) in [6.45, 7) is -0.683. The second-order valence-electron chi connectivity index (χ2n) is 6.09. The highest BCUT2D eigenvalue weighted by Crippen LogP contribution is 2.21. The van der Waals surface area contributed by atoms with E-state index in [1.54, 1.807) is 0 Å². The lowest BCUT2D eigenvalue weighted by molar-refractivity contribution is -0.144. The minimum absolute atomic E-state index is 0.116. The standard InChI is InChI=1S/C20H17Cl2F2NO4S/c1-30-7-6-17(25-19(27)13-4-3-12(21)9-14(13)22)20(28)29-10-18(26)11-2-5-15(23)16(24)8-11/h2-5,8-9,17H,6-7,10H2,1H3,(H,25,27)/t17-/m0/s1. The Labute approximate surface area is 186 Å². The number of ether oxygens (including phenoxy) is 1. The average Bonchev–Trinajstić information content (AvgIpc) is 2.70. The Balaban J connectivity index is 2.04. The van der Waals surface area contributed by atoms with E-state index in [0.29, 0.717) is 10.8 Å². The maximum absolute atomic E-state index is 13.3. The van der Waals surface area contributed by atoms with Crippen molar-refractivity contribution in [2.75, 3.05) is 18.6 Å². The van der Waals surface area contributed by atoms with Crippen molar-refractivity contribution in [1.82, 2.24) is 5.32 Å². The molecule has 0 fully saturated rings. The van der Waals surface area contributed by atoms with E-state index >= 15 is 0 Å². The Bertz CT molecular complexity index is 958. The fraction of sp³-hybridized carbons (Fsp3) is 0.250. The number of halogens is 4. The third-order valence-corrected chi connectivity index (χ3v) is 5.16. The number of carbonyl (C=O) groups is 3. The molecule has 0 unspecified atom stereocenters. The highest BCUT2D eigenvalue weighted by molar-refractivity contribution is 7.98. The quantitative estimate of drug-likeness (QED) is 0.425. The van der Waals surface area contributed by atoms with Crippen LogP contribution >= 0.6 is 35.0 Å². The topological polar surface area (TPSA) is 72.5 Å². The Morgan fingerprint density at radius 2 is 1.83 bits per heavy atom. The van der Waals surface area contributed by atoms with Gasteiger partial charge < -0.3 is 10.1 Å². The maximum atomic E-state index is 13.3. The van der Waals surface area contributed by atoms with Gasteiger partial charge in [0.25, 0.3) is 5.91 Å². The van der Waals surface area contributed by atoms with Gasteiger partial charge in [-0.25, -0.2) is 13.6 Å². The lowest BCUT2D eigenvalue weighted by Crippen LogP contribution is -2.42. The summed E-state index contributed by atoms with van der Waals surface area (Å²) in [6, 6.07) is 5.89. The van der Waals surface area contributed by atoms with Crippen molar-refractivity contribution in [1.29, 1.82) is 0 Å². The van der Waals surface area contributed by atoms with Gasteiger partial charge in [-0.1, -0.05) is 23.2 Å². The summed E-state index contributed by atoms with van der Waals surface area (Å²) in [6.07, 6.45) is 2.07. The SMILES string of the molecule is CSCC[C@H](NC(=O)c1ccc(Cl)cc1Cl)C(=O)OCC(=O)c1ccc(F)c(F)c1. The van der Waals surface area contributed by atoms with Crippen LogP contribution in [0.5, 0.6) is 0 Å². The van der Waals surface area contributed by atoms with Crippen LogP contribution in [0.2, 0.25) is 10.0 Å². The lowest BCUT2D eigenvalue weighted by Gasteiger charge is -2.17. The fourth-order valence-corrected chi connectivity index (χ4v) is 3.35. The molecule has 2 aromatic carbocycles. The van der Waals surface area contributed by atoms with Crippen molar-refractivity contribution in [3.8, 4) is 0 Å². The van der Waals surface area contributed by atoms with Crippen molar-refractivity contribution < 1.29 is 27.9 Å². The van der Waals surface area contributed by atoms with Gasteiger partial charge in [-0.05, 0) is 54.8 Å². The van der Waals surface area contributed by atoms with Crippen molar-refractivity contribution in [2.45, 2.75) is 12.5 Å². The van der Waals surface area contributed by atoms with Gasteiger partial charge in [-0.2, -0.15) is 11.8 Å². The molecule has 10 heteroatoms. The van der Waals surface area contributed by atoms with Gasteiger partial charge in [0.2, 0.25) is 0 Å². The summed E-state index contributed by atoms with van der Waals surface area (Å²) >= 11 is 13.3. The number of rotatable bonds is 9. The van der Waals surface area contributed by atoms with Crippen LogP contribution in [0.25, 0.3) is 0 Å². The van der Waals surface area contributed by atoms with Crippen LogP contribution in [0.15, 0.2) is 36.4 Å². The summed E-state index contributed by atoms with van der Waals surface area (Å²) in [7, 11) is 0. The summed E-state index contributed by atoms with van der Waals surface area (Å²) in [5.74, 6) is -3.89. The number of amides is 1. The Morgan fingerprint density at radius 3 is 2.47 bits per heavy atom. The molecule has 0 aliphatic carbocycles. The van der Waals surface area contributed by atoms with Crippen LogP contribution in [0.1, 0.15) is 27.1 Å². The van der Waals surface area contributed by atoms with Crippen LogP contribution in [-0.4, -0.2) is 42.3 Å². The minimum Gasteiger partial charge on any atom is -0.456 e. The Kier molecular flexibility index (Phi) is 9.08. The van der Waals surface area contributed by atoms with Crippen LogP contribution < -0.4 is 5.32 Å². The first-order chi connectivity index (χ1) is 14.2. The zero-order chi connectivity index (χ0) is 22.3. The van der Waals surface area contributed by atoms with Gasteiger partial charge >= 0.3 is 5.97 Å². The van der Waals surface area contributed by atoms with Crippen molar-refractivity contribution >= 4 is 52.6 Å². The summed E-state index contributed by atoms with van der Waals surface area (Å²) in [5, 5.41) is 3.00. The molecule has 0 bridgehead atoms. The van der Waals surface area contributed by atoms with E-state index in [2.05, 4.69) is 5.32 Å². The Hall–Kier alpha value is -2.16. The first-order valence-electron chi connectivity index (χ1n) is 8.62. The van der Waals surface area contributed by atoms with Gasteiger partial charge in [0.05, 0.1) is 10.6 Å². The van der Waals surface area contributed by atoms with Gasteiger partial charge in [-0.15, -0.1) is 0 Å². The molecule has 1 N–H and O–H groups in total. The average molecular weight is 476 g/mol. The predicted octanol–water partition coefficient (Wildman–Crippen LogP) is 4.55. The third kappa shape index (κ3) is 6.68. The number of carbonyl (C=O) groups excluding carboxylic acids is 3. The second-order valence-corrected chi connectivity index (χ2v) is 7.92. The first-order valence-corrected chi connectivity index (χ1v) is 10.8. The maximum Gasteiger partial charge on any atom is 0.329 e. The highest BCUT2D eigenvalue weighted by atomic mass is 35.5. The van der Waals surface area contributed by atoms with Crippen LogP contribution in [0.3, 0.4) is 0 Å².